The van der Waals surface area contributed by atoms with Crippen LogP contribution in [0.1, 0.15) is 12.8 Å². The lowest BCUT2D eigenvalue weighted by molar-refractivity contribution is -0.272. The van der Waals surface area contributed by atoms with Gasteiger partial charge in [-0.3, -0.25) is 0 Å². The molecular weight excluding hydrogens is 146 g/mol. The molecule has 0 unspecified atom stereocenters. The Morgan fingerprint density at radius 2 is 2.00 bits per heavy atom. The summed E-state index contributed by atoms with van der Waals surface area (Å²) in [6.45, 7) is 1.13. The number of methoxy groups -OCH3 is 2. The summed E-state index contributed by atoms with van der Waals surface area (Å²) in [5.41, 5.74) is 0. The third kappa shape index (κ3) is 1.90. The van der Waals surface area contributed by atoms with Crippen LogP contribution in [0.4, 0.5) is 0 Å². The third-order valence-corrected chi connectivity index (χ3v) is 2.14. The Morgan fingerprint density at radius 1 is 1.36 bits per heavy atom. The van der Waals surface area contributed by atoms with E-state index in [2.05, 4.69) is 0 Å². The van der Waals surface area contributed by atoms with Crippen molar-refractivity contribution in [1.82, 2.24) is 5.06 Å². The van der Waals surface area contributed by atoms with Crippen molar-refractivity contribution in [2.75, 3.05) is 27.3 Å². The zero-order valence-electron chi connectivity index (χ0n) is 7.04. The Hall–Kier alpha value is -0.160. The zero-order chi connectivity index (χ0) is 8.32. The molecule has 66 valence electrons. The van der Waals surface area contributed by atoms with Gasteiger partial charge in [-0.1, -0.05) is 0 Å². The summed E-state index contributed by atoms with van der Waals surface area (Å²) in [6.07, 6.45) is 1.75. The Labute approximate surface area is 66.7 Å². The second kappa shape index (κ2) is 3.49. The molecule has 1 N–H and O–H groups in total. The quantitative estimate of drug-likeness (QED) is 0.597. The SMILES string of the molecule is COC1(OC)CCCN(O)C1. The summed E-state index contributed by atoms with van der Waals surface area (Å²) < 4.78 is 10.3. The van der Waals surface area contributed by atoms with E-state index in [-0.39, 0.29) is 0 Å². The van der Waals surface area contributed by atoms with Crippen LogP contribution in [0.15, 0.2) is 0 Å². The van der Waals surface area contributed by atoms with Crippen molar-refractivity contribution in [3.63, 3.8) is 0 Å². The highest BCUT2D eigenvalue weighted by atomic mass is 16.7. The van der Waals surface area contributed by atoms with Crippen LogP contribution in [0.2, 0.25) is 0 Å². The summed E-state index contributed by atoms with van der Waals surface area (Å²) in [7, 11) is 3.20. The van der Waals surface area contributed by atoms with E-state index in [1.807, 2.05) is 0 Å². The average molecular weight is 161 g/mol. The lowest BCUT2D eigenvalue weighted by atomic mass is 10.1. The van der Waals surface area contributed by atoms with Gasteiger partial charge in [0.1, 0.15) is 0 Å². The van der Waals surface area contributed by atoms with E-state index in [4.69, 9.17) is 9.47 Å². The fourth-order valence-electron chi connectivity index (χ4n) is 1.38. The molecule has 0 bridgehead atoms. The van der Waals surface area contributed by atoms with Crippen molar-refractivity contribution in [2.24, 2.45) is 0 Å². The van der Waals surface area contributed by atoms with E-state index in [0.29, 0.717) is 13.1 Å². The number of hydrogen-bond donors (Lipinski definition) is 1. The number of hydrogen-bond acceptors (Lipinski definition) is 4. The van der Waals surface area contributed by atoms with Gasteiger partial charge in [-0.05, 0) is 6.42 Å². The van der Waals surface area contributed by atoms with E-state index >= 15 is 0 Å². The fourth-order valence-corrected chi connectivity index (χ4v) is 1.38. The predicted molar refractivity (Wildman–Crippen MR) is 39.3 cm³/mol. The molecule has 1 rings (SSSR count). The molecule has 0 aliphatic carbocycles. The van der Waals surface area contributed by atoms with Crippen molar-refractivity contribution >= 4 is 0 Å². The minimum absolute atomic E-state index is 0.431. The standard InChI is InChI=1S/C7H15NO3/c1-10-7(11-2)4-3-5-8(9)6-7/h9H,3-6H2,1-2H3. The molecule has 1 aliphatic rings. The first-order chi connectivity index (χ1) is 5.22. The molecule has 11 heavy (non-hydrogen) atoms. The number of hydroxylamine groups is 2. The number of nitrogens with zero attached hydrogens (tertiary/aromatic N) is 1. The fraction of sp³-hybridized carbons (Fsp3) is 1.00. The normalized spacial score (nSPS) is 25.4. The van der Waals surface area contributed by atoms with Crippen LogP contribution in [-0.4, -0.2) is 43.4 Å². The second-order valence-electron chi connectivity index (χ2n) is 2.81. The lowest BCUT2D eigenvalue weighted by Gasteiger charge is -2.37. The summed E-state index contributed by atoms with van der Waals surface area (Å²) in [6, 6.07) is 0. The van der Waals surface area contributed by atoms with Gasteiger partial charge in [-0.15, -0.1) is 0 Å². The van der Waals surface area contributed by atoms with Crippen molar-refractivity contribution in [3.8, 4) is 0 Å². The Kier molecular flexibility index (Phi) is 2.84. The molecule has 1 fully saturated rings. The second-order valence-corrected chi connectivity index (χ2v) is 2.81. The number of piperidine rings is 1. The first-order valence-corrected chi connectivity index (χ1v) is 3.76. The Morgan fingerprint density at radius 3 is 2.36 bits per heavy atom. The third-order valence-electron chi connectivity index (χ3n) is 2.14. The summed E-state index contributed by atoms with van der Waals surface area (Å²) in [5, 5.41) is 10.4. The number of ether oxygens (including phenoxy) is 2. The largest absolute Gasteiger partial charge is 0.352 e. The van der Waals surface area contributed by atoms with Crippen molar-refractivity contribution in [2.45, 2.75) is 18.6 Å². The van der Waals surface area contributed by atoms with Gasteiger partial charge in [-0.2, -0.15) is 5.06 Å². The lowest BCUT2D eigenvalue weighted by Crippen LogP contribution is -2.49. The van der Waals surface area contributed by atoms with E-state index < -0.39 is 5.79 Å². The first kappa shape index (κ1) is 8.93. The smallest absolute Gasteiger partial charge is 0.182 e. The number of rotatable bonds is 2. The van der Waals surface area contributed by atoms with Gasteiger partial charge in [0.05, 0.1) is 6.54 Å². The minimum atomic E-state index is -0.590. The summed E-state index contributed by atoms with van der Waals surface area (Å²) in [4.78, 5) is 0. The van der Waals surface area contributed by atoms with Crippen LogP contribution in [0.25, 0.3) is 0 Å². The van der Waals surface area contributed by atoms with Gasteiger partial charge in [0.15, 0.2) is 5.79 Å². The molecule has 0 aromatic carbocycles. The maximum Gasteiger partial charge on any atom is 0.182 e. The van der Waals surface area contributed by atoms with Gasteiger partial charge in [0.25, 0.3) is 0 Å². The van der Waals surface area contributed by atoms with Gasteiger partial charge in [0.2, 0.25) is 0 Å². The Bertz CT molecular complexity index is 125. The maximum atomic E-state index is 9.18. The van der Waals surface area contributed by atoms with Crippen molar-refractivity contribution in [3.05, 3.63) is 0 Å². The van der Waals surface area contributed by atoms with Gasteiger partial charge < -0.3 is 14.7 Å². The van der Waals surface area contributed by atoms with Crippen LogP contribution in [-0.2, 0) is 9.47 Å². The molecule has 4 heteroatoms. The van der Waals surface area contributed by atoms with E-state index in [9.17, 15) is 5.21 Å². The minimum Gasteiger partial charge on any atom is -0.352 e. The van der Waals surface area contributed by atoms with E-state index in [1.54, 1.807) is 14.2 Å². The predicted octanol–water partition coefficient (Wildman–Crippen LogP) is 0.460. The average Bonchev–Trinajstić information content (AvgIpc) is 2.04. The molecule has 4 nitrogen and oxygen atoms in total. The monoisotopic (exact) mass is 161 g/mol. The summed E-state index contributed by atoms with van der Waals surface area (Å²) in [5.74, 6) is -0.590. The molecule has 1 saturated heterocycles. The molecule has 0 atom stereocenters. The molecule has 0 amide bonds. The molecule has 0 aromatic heterocycles. The van der Waals surface area contributed by atoms with Gasteiger partial charge in [-0.25, -0.2) is 0 Å². The van der Waals surface area contributed by atoms with Gasteiger partial charge >= 0.3 is 0 Å². The van der Waals surface area contributed by atoms with E-state index in [0.717, 1.165) is 12.8 Å². The Balaban J connectivity index is 2.52. The molecule has 0 saturated carbocycles. The molecule has 1 heterocycles. The first-order valence-electron chi connectivity index (χ1n) is 3.76. The van der Waals surface area contributed by atoms with Crippen LogP contribution in [0.5, 0.6) is 0 Å². The maximum absolute atomic E-state index is 9.18. The summed E-state index contributed by atoms with van der Waals surface area (Å²) >= 11 is 0. The zero-order valence-corrected chi connectivity index (χ0v) is 7.04. The highest BCUT2D eigenvalue weighted by molar-refractivity contribution is 4.76. The molecule has 1 aliphatic heterocycles. The van der Waals surface area contributed by atoms with Crippen LogP contribution >= 0.6 is 0 Å². The van der Waals surface area contributed by atoms with Crippen molar-refractivity contribution in [1.29, 1.82) is 0 Å². The van der Waals surface area contributed by atoms with Crippen molar-refractivity contribution < 1.29 is 14.7 Å². The highest BCUT2D eigenvalue weighted by Crippen LogP contribution is 2.23. The highest BCUT2D eigenvalue weighted by Gasteiger charge is 2.34. The molecular formula is C7H15NO3. The molecule has 0 aromatic rings. The topological polar surface area (TPSA) is 41.9 Å². The van der Waals surface area contributed by atoms with Gasteiger partial charge in [0, 0.05) is 27.2 Å². The van der Waals surface area contributed by atoms with Crippen LogP contribution < -0.4 is 0 Å². The molecule has 0 spiro atoms. The van der Waals surface area contributed by atoms with E-state index in [1.165, 1.54) is 5.06 Å². The van der Waals surface area contributed by atoms with Crippen LogP contribution in [0, 0.1) is 0 Å². The molecule has 0 radical (unpaired) electrons. The van der Waals surface area contributed by atoms with Crippen LogP contribution in [0.3, 0.4) is 0 Å².